The van der Waals surface area contributed by atoms with E-state index in [2.05, 4.69) is 5.32 Å². The number of rotatable bonds is 6. The molecule has 0 saturated heterocycles. The summed E-state index contributed by atoms with van der Waals surface area (Å²) < 4.78 is 0. The van der Waals surface area contributed by atoms with E-state index in [4.69, 9.17) is 5.73 Å². The Morgan fingerprint density at radius 2 is 1.49 bits per heavy atom. The molecule has 1 aliphatic heterocycles. The number of ketones is 1. The van der Waals surface area contributed by atoms with Crippen molar-refractivity contribution in [2.45, 2.75) is 19.9 Å². The highest BCUT2D eigenvalue weighted by atomic mass is 16.2. The summed E-state index contributed by atoms with van der Waals surface area (Å²) in [4.78, 5) is 41.3. The number of carbonyl (C=O) groups excluding carboxylic acids is 3. The highest BCUT2D eigenvalue weighted by molar-refractivity contribution is 6.21. The number of nitrogen functional groups attached to an aromatic ring is 1. The number of benzene rings is 4. The molecule has 1 heterocycles. The summed E-state index contributed by atoms with van der Waals surface area (Å²) in [5, 5.41) is 2.81. The summed E-state index contributed by atoms with van der Waals surface area (Å²) in [6, 6.07) is 29.3. The average molecular weight is 490 g/mol. The van der Waals surface area contributed by atoms with Crippen LogP contribution in [0, 0.1) is 12.8 Å². The van der Waals surface area contributed by atoms with Gasteiger partial charge in [-0.05, 0) is 60.9 Å². The van der Waals surface area contributed by atoms with E-state index >= 15 is 0 Å². The molecule has 0 saturated carbocycles. The Hall–Kier alpha value is -4.71. The van der Waals surface area contributed by atoms with Crippen LogP contribution in [-0.4, -0.2) is 17.6 Å². The number of nitrogens with zero attached hydrogens (tertiary/aromatic N) is 1. The van der Waals surface area contributed by atoms with Crippen LogP contribution >= 0.6 is 0 Å². The Morgan fingerprint density at radius 3 is 2.22 bits per heavy atom. The van der Waals surface area contributed by atoms with Crippen molar-refractivity contribution in [1.82, 2.24) is 0 Å². The minimum Gasteiger partial charge on any atom is -0.397 e. The summed E-state index contributed by atoms with van der Waals surface area (Å²) in [5.74, 6) is -1.51. The summed E-state index contributed by atoms with van der Waals surface area (Å²) in [6.45, 7) is 2.41. The van der Waals surface area contributed by atoms with Gasteiger partial charge in [-0.3, -0.25) is 14.4 Å². The van der Waals surface area contributed by atoms with E-state index in [9.17, 15) is 14.4 Å². The number of Topliss-reactive ketones (excluding diaryl/α,β-unsaturated/α-hetero) is 1. The van der Waals surface area contributed by atoms with Gasteiger partial charge in [0, 0.05) is 11.1 Å². The van der Waals surface area contributed by atoms with Gasteiger partial charge in [-0.25, -0.2) is 0 Å². The molecular formula is C31H27N3O3. The van der Waals surface area contributed by atoms with Gasteiger partial charge in [-0.15, -0.1) is 0 Å². The molecule has 0 fully saturated rings. The number of hydrogen-bond donors (Lipinski definition) is 2. The Labute approximate surface area is 215 Å². The van der Waals surface area contributed by atoms with Crippen LogP contribution in [0.3, 0.4) is 0 Å². The van der Waals surface area contributed by atoms with Crippen LogP contribution in [0.1, 0.15) is 37.4 Å². The minimum absolute atomic E-state index is 0.179. The molecule has 1 aliphatic rings. The van der Waals surface area contributed by atoms with Gasteiger partial charge >= 0.3 is 0 Å². The highest BCUT2D eigenvalue weighted by Gasteiger charge is 2.39. The van der Waals surface area contributed by atoms with Crippen molar-refractivity contribution < 1.29 is 14.4 Å². The SMILES string of the molecule is Cc1ccc(CN2C(=O)C(Cc3ccc(C(=O)Nc4ccccc4N)cc3)C(=O)c3ccccc32)cc1. The molecule has 0 radical (unpaired) electrons. The number of carbonyl (C=O) groups is 3. The number of nitrogens with two attached hydrogens (primary N) is 1. The summed E-state index contributed by atoms with van der Waals surface area (Å²) >= 11 is 0. The van der Waals surface area contributed by atoms with Gasteiger partial charge in [0.1, 0.15) is 5.92 Å². The fraction of sp³-hybridized carbons (Fsp3) is 0.129. The average Bonchev–Trinajstić information content (AvgIpc) is 2.92. The second-order valence-electron chi connectivity index (χ2n) is 9.29. The standard InChI is InChI=1S/C31H27N3O3/c1-20-10-12-22(13-11-20)19-34-28-9-5-2-6-24(28)29(35)25(31(34)37)18-21-14-16-23(17-15-21)30(36)33-27-8-4-3-7-26(27)32/h2-17,25H,18-19,32H2,1H3,(H,33,36). The lowest BCUT2D eigenvalue weighted by Crippen LogP contribution is -2.45. The predicted molar refractivity (Wildman–Crippen MR) is 146 cm³/mol. The molecule has 0 bridgehead atoms. The second-order valence-corrected chi connectivity index (χ2v) is 9.29. The monoisotopic (exact) mass is 489 g/mol. The Morgan fingerprint density at radius 1 is 0.838 bits per heavy atom. The molecule has 1 unspecified atom stereocenters. The van der Waals surface area contributed by atoms with Crippen molar-refractivity contribution in [1.29, 1.82) is 0 Å². The van der Waals surface area contributed by atoms with Crippen LogP contribution < -0.4 is 16.0 Å². The molecule has 4 aromatic rings. The lowest BCUT2D eigenvalue weighted by molar-refractivity contribution is -0.121. The van der Waals surface area contributed by atoms with Crippen molar-refractivity contribution >= 4 is 34.7 Å². The second kappa shape index (κ2) is 10.1. The van der Waals surface area contributed by atoms with Gasteiger partial charge in [0.25, 0.3) is 5.91 Å². The molecule has 0 spiro atoms. The van der Waals surface area contributed by atoms with E-state index in [1.54, 1.807) is 59.5 Å². The molecule has 184 valence electrons. The van der Waals surface area contributed by atoms with Crippen LogP contribution in [0.25, 0.3) is 0 Å². The first-order chi connectivity index (χ1) is 17.9. The fourth-order valence-electron chi connectivity index (χ4n) is 4.58. The largest absolute Gasteiger partial charge is 0.397 e. The molecule has 0 aromatic heterocycles. The minimum atomic E-state index is -0.829. The van der Waals surface area contributed by atoms with Gasteiger partial charge in [-0.2, -0.15) is 0 Å². The Kier molecular flexibility index (Phi) is 6.56. The van der Waals surface area contributed by atoms with E-state index in [-0.39, 0.29) is 24.0 Å². The first-order valence-corrected chi connectivity index (χ1v) is 12.2. The fourth-order valence-corrected chi connectivity index (χ4v) is 4.58. The molecule has 1 atom stereocenters. The number of para-hydroxylation sites is 3. The summed E-state index contributed by atoms with van der Waals surface area (Å²) in [7, 11) is 0. The van der Waals surface area contributed by atoms with E-state index in [0.717, 1.165) is 16.7 Å². The zero-order valence-corrected chi connectivity index (χ0v) is 20.5. The normalized spacial score (nSPS) is 14.8. The number of amides is 2. The summed E-state index contributed by atoms with van der Waals surface area (Å²) in [6.07, 6.45) is 0.254. The Balaban J connectivity index is 1.36. The molecule has 0 aliphatic carbocycles. The van der Waals surface area contributed by atoms with Gasteiger partial charge in [0.15, 0.2) is 5.78 Å². The zero-order chi connectivity index (χ0) is 25.9. The van der Waals surface area contributed by atoms with Crippen molar-refractivity contribution in [3.05, 3.63) is 125 Å². The first kappa shape index (κ1) is 24.0. The number of anilines is 3. The lowest BCUT2D eigenvalue weighted by atomic mass is 9.85. The topological polar surface area (TPSA) is 92.5 Å². The third kappa shape index (κ3) is 5.00. The van der Waals surface area contributed by atoms with E-state index < -0.39 is 5.92 Å². The van der Waals surface area contributed by atoms with E-state index in [1.165, 1.54) is 0 Å². The van der Waals surface area contributed by atoms with Crippen LogP contribution in [0.15, 0.2) is 97.1 Å². The van der Waals surface area contributed by atoms with Crippen molar-refractivity contribution in [2.75, 3.05) is 16.0 Å². The smallest absolute Gasteiger partial charge is 0.255 e. The molecular weight excluding hydrogens is 462 g/mol. The molecule has 37 heavy (non-hydrogen) atoms. The predicted octanol–water partition coefficient (Wildman–Crippen LogP) is 5.42. The third-order valence-electron chi connectivity index (χ3n) is 6.67. The molecule has 4 aromatic carbocycles. The number of fused-ring (bicyclic) bond motifs is 1. The first-order valence-electron chi connectivity index (χ1n) is 12.2. The molecule has 6 heteroatoms. The summed E-state index contributed by atoms with van der Waals surface area (Å²) in [5.41, 5.74) is 11.5. The number of hydrogen-bond acceptors (Lipinski definition) is 4. The van der Waals surface area contributed by atoms with E-state index in [0.29, 0.717) is 34.7 Å². The van der Waals surface area contributed by atoms with Gasteiger partial charge < -0.3 is 16.0 Å². The number of aryl methyl sites for hydroxylation is 1. The maximum Gasteiger partial charge on any atom is 0.255 e. The zero-order valence-electron chi connectivity index (χ0n) is 20.5. The van der Waals surface area contributed by atoms with Crippen molar-refractivity contribution in [3.63, 3.8) is 0 Å². The van der Waals surface area contributed by atoms with Gasteiger partial charge in [0.2, 0.25) is 5.91 Å². The van der Waals surface area contributed by atoms with E-state index in [1.807, 2.05) is 49.4 Å². The highest BCUT2D eigenvalue weighted by Crippen LogP contribution is 2.33. The van der Waals surface area contributed by atoms with Crippen LogP contribution in [0.4, 0.5) is 17.1 Å². The van der Waals surface area contributed by atoms with Crippen molar-refractivity contribution in [2.24, 2.45) is 5.92 Å². The molecule has 6 nitrogen and oxygen atoms in total. The maximum absolute atomic E-state index is 13.6. The number of nitrogens with one attached hydrogen (secondary N) is 1. The maximum atomic E-state index is 13.6. The molecule has 5 rings (SSSR count). The van der Waals surface area contributed by atoms with Gasteiger partial charge in [0.05, 0.1) is 23.6 Å². The Bertz CT molecular complexity index is 1480. The van der Waals surface area contributed by atoms with Gasteiger partial charge in [-0.1, -0.05) is 66.2 Å². The lowest BCUT2D eigenvalue weighted by Gasteiger charge is -2.33. The quantitative estimate of drug-likeness (QED) is 0.279. The molecule has 3 N–H and O–H groups in total. The van der Waals surface area contributed by atoms with Crippen LogP contribution in [0.5, 0.6) is 0 Å². The van der Waals surface area contributed by atoms with Crippen LogP contribution in [-0.2, 0) is 17.8 Å². The van der Waals surface area contributed by atoms with Crippen LogP contribution in [0.2, 0.25) is 0 Å². The van der Waals surface area contributed by atoms with Crippen molar-refractivity contribution in [3.8, 4) is 0 Å². The third-order valence-corrected chi connectivity index (χ3v) is 6.67. The molecule has 2 amide bonds.